The van der Waals surface area contributed by atoms with Crippen LogP contribution in [0.25, 0.3) is 0 Å². The fourth-order valence-electron chi connectivity index (χ4n) is 3.28. The SMILES string of the molecule is CCOc1ccccc1CCC(=O)Nc1ccc2c(c1)CCN2C(C)=O. The normalized spacial score (nSPS) is 12.6. The van der Waals surface area contributed by atoms with Gasteiger partial charge in [-0.1, -0.05) is 18.2 Å². The number of carbonyl (C=O) groups is 2. The van der Waals surface area contributed by atoms with Crippen LogP contribution >= 0.6 is 0 Å². The molecule has 136 valence electrons. The highest BCUT2D eigenvalue weighted by Gasteiger charge is 2.22. The van der Waals surface area contributed by atoms with E-state index in [1.165, 1.54) is 0 Å². The van der Waals surface area contributed by atoms with Crippen molar-refractivity contribution in [2.75, 3.05) is 23.4 Å². The maximum absolute atomic E-state index is 12.3. The molecule has 0 unspecified atom stereocenters. The first-order valence-corrected chi connectivity index (χ1v) is 9.00. The first-order chi connectivity index (χ1) is 12.6. The number of nitrogens with one attached hydrogen (secondary N) is 1. The summed E-state index contributed by atoms with van der Waals surface area (Å²) in [6.45, 7) is 4.83. The number of benzene rings is 2. The number of rotatable bonds is 6. The number of para-hydroxylation sites is 1. The molecule has 3 rings (SSSR count). The molecule has 2 amide bonds. The van der Waals surface area contributed by atoms with E-state index in [4.69, 9.17) is 4.74 Å². The number of amides is 2. The minimum Gasteiger partial charge on any atom is -0.494 e. The van der Waals surface area contributed by atoms with Crippen LogP contribution in [0.15, 0.2) is 42.5 Å². The van der Waals surface area contributed by atoms with E-state index in [0.717, 1.165) is 34.7 Å². The summed E-state index contributed by atoms with van der Waals surface area (Å²) >= 11 is 0. The molecular formula is C21H24N2O3. The van der Waals surface area contributed by atoms with Gasteiger partial charge in [-0.25, -0.2) is 0 Å². The molecule has 0 atom stereocenters. The molecule has 0 aliphatic carbocycles. The maximum Gasteiger partial charge on any atom is 0.224 e. The van der Waals surface area contributed by atoms with Crippen LogP contribution in [0.5, 0.6) is 5.75 Å². The molecule has 2 aromatic carbocycles. The molecule has 0 bridgehead atoms. The molecular weight excluding hydrogens is 328 g/mol. The van der Waals surface area contributed by atoms with Gasteiger partial charge < -0.3 is 15.0 Å². The van der Waals surface area contributed by atoms with Gasteiger partial charge in [0.25, 0.3) is 0 Å². The number of ether oxygens (including phenoxy) is 1. The van der Waals surface area contributed by atoms with Crippen LogP contribution in [0, 0.1) is 0 Å². The lowest BCUT2D eigenvalue weighted by molar-refractivity contribution is -0.117. The Hall–Kier alpha value is -2.82. The van der Waals surface area contributed by atoms with Crippen molar-refractivity contribution in [3.05, 3.63) is 53.6 Å². The van der Waals surface area contributed by atoms with Crippen molar-refractivity contribution >= 4 is 23.2 Å². The molecule has 1 heterocycles. The molecule has 0 radical (unpaired) electrons. The molecule has 2 aromatic rings. The lowest BCUT2D eigenvalue weighted by Crippen LogP contribution is -2.25. The molecule has 5 nitrogen and oxygen atoms in total. The summed E-state index contributed by atoms with van der Waals surface area (Å²) in [4.78, 5) is 25.7. The van der Waals surface area contributed by atoms with Gasteiger partial charge in [-0.05, 0) is 55.2 Å². The molecule has 1 aliphatic rings. The summed E-state index contributed by atoms with van der Waals surface area (Å²) in [6.07, 6.45) is 1.84. The zero-order chi connectivity index (χ0) is 18.5. The second-order valence-corrected chi connectivity index (χ2v) is 6.35. The average Bonchev–Trinajstić information content (AvgIpc) is 3.05. The van der Waals surface area contributed by atoms with E-state index in [9.17, 15) is 9.59 Å². The van der Waals surface area contributed by atoms with Crippen molar-refractivity contribution in [3.63, 3.8) is 0 Å². The van der Waals surface area contributed by atoms with Crippen molar-refractivity contribution in [1.82, 2.24) is 0 Å². The highest BCUT2D eigenvalue weighted by Crippen LogP contribution is 2.30. The zero-order valence-electron chi connectivity index (χ0n) is 15.2. The van der Waals surface area contributed by atoms with Gasteiger partial charge in [0, 0.05) is 31.3 Å². The smallest absolute Gasteiger partial charge is 0.224 e. The number of anilines is 2. The van der Waals surface area contributed by atoms with E-state index >= 15 is 0 Å². The van der Waals surface area contributed by atoms with Crippen LogP contribution in [0.3, 0.4) is 0 Å². The minimum absolute atomic E-state index is 0.0299. The first-order valence-electron chi connectivity index (χ1n) is 9.00. The quantitative estimate of drug-likeness (QED) is 0.865. The molecule has 1 aliphatic heterocycles. The molecule has 26 heavy (non-hydrogen) atoms. The lowest BCUT2D eigenvalue weighted by atomic mass is 10.1. The Bertz CT molecular complexity index is 817. The Morgan fingerprint density at radius 2 is 2.00 bits per heavy atom. The standard InChI is InChI=1S/C21H24N2O3/c1-3-26-20-7-5-4-6-16(20)8-11-21(25)22-18-9-10-19-17(14-18)12-13-23(19)15(2)24/h4-7,9-10,14H,3,8,11-13H2,1-2H3,(H,22,25). The van der Waals surface area contributed by atoms with E-state index in [1.54, 1.807) is 11.8 Å². The average molecular weight is 352 g/mol. The van der Waals surface area contributed by atoms with E-state index < -0.39 is 0 Å². The molecule has 0 fully saturated rings. The number of aryl methyl sites for hydroxylation is 1. The second kappa shape index (κ2) is 8.04. The topological polar surface area (TPSA) is 58.6 Å². The van der Waals surface area contributed by atoms with Crippen molar-refractivity contribution in [2.24, 2.45) is 0 Å². The van der Waals surface area contributed by atoms with Gasteiger partial charge in [-0.3, -0.25) is 9.59 Å². The summed E-state index contributed by atoms with van der Waals surface area (Å²) in [6, 6.07) is 13.5. The van der Waals surface area contributed by atoms with Crippen LogP contribution in [0.1, 0.15) is 31.4 Å². The molecule has 0 spiro atoms. The number of nitrogens with zero attached hydrogens (tertiary/aromatic N) is 1. The Labute approximate surface area is 154 Å². The van der Waals surface area contributed by atoms with E-state index in [2.05, 4.69) is 5.32 Å². The Balaban J connectivity index is 1.60. The third kappa shape index (κ3) is 4.04. The molecule has 0 saturated carbocycles. The molecule has 0 saturated heterocycles. The third-order valence-electron chi connectivity index (χ3n) is 4.53. The van der Waals surface area contributed by atoms with Gasteiger partial charge in [0.05, 0.1) is 6.61 Å². The predicted molar refractivity (Wildman–Crippen MR) is 103 cm³/mol. The van der Waals surface area contributed by atoms with Crippen molar-refractivity contribution in [2.45, 2.75) is 33.1 Å². The van der Waals surface area contributed by atoms with Gasteiger partial charge in [-0.15, -0.1) is 0 Å². The zero-order valence-corrected chi connectivity index (χ0v) is 15.2. The van der Waals surface area contributed by atoms with Crippen LogP contribution in [-0.2, 0) is 22.4 Å². The van der Waals surface area contributed by atoms with Crippen LogP contribution in [-0.4, -0.2) is 25.0 Å². The van der Waals surface area contributed by atoms with Crippen LogP contribution < -0.4 is 15.0 Å². The Morgan fingerprint density at radius 3 is 2.77 bits per heavy atom. The van der Waals surface area contributed by atoms with Crippen molar-refractivity contribution in [3.8, 4) is 5.75 Å². The fourth-order valence-corrected chi connectivity index (χ4v) is 3.28. The van der Waals surface area contributed by atoms with E-state index in [1.807, 2.05) is 49.4 Å². The van der Waals surface area contributed by atoms with Gasteiger partial charge in [-0.2, -0.15) is 0 Å². The van der Waals surface area contributed by atoms with Crippen LogP contribution in [0.2, 0.25) is 0 Å². The number of hydrogen-bond acceptors (Lipinski definition) is 3. The molecule has 1 N–H and O–H groups in total. The van der Waals surface area contributed by atoms with Gasteiger partial charge in [0.15, 0.2) is 0 Å². The van der Waals surface area contributed by atoms with E-state index in [-0.39, 0.29) is 11.8 Å². The van der Waals surface area contributed by atoms with E-state index in [0.29, 0.717) is 26.0 Å². The van der Waals surface area contributed by atoms with Gasteiger partial charge in [0.2, 0.25) is 11.8 Å². The monoisotopic (exact) mass is 352 g/mol. The summed E-state index contributed by atoms with van der Waals surface area (Å²) in [5, 5.41) is 2.95. The number of carbonyl (C=O) groups excluding carboxylic acids is 2. The Morgan fingerprint density at radius 1 is 1.19 bits per heavy atom. The summed E-state index contributed by atoms with van der Waals surface area (Å²) in [5.74, 6) is 0.857. The highest BCUT2D eigenvalue weighted by molar-refractivity contribution is 5.95. The molecule has 5 heteroatoms. The van der Waals surface area contributed by atoms with Crippen molar-refractivity contribution in [1.29, 1.82) is 0 Å². The maximum atomic E-state index is 12.3. The third-order valence-corrected chi connectivity index (χ3v) is 4.53. The largest absolute Gasteiger partial charge is 0.494 e. The second-order valence-electron chi connectivity index (χ2n) is 6.35. The summed E-state index contributed by atoms with van der Waals surface area (Å²) in [5.41, 5.74) is 3.86. The number of hydrogen-bond donors (Lipinski definition) is 1. The summed E-state index contributed by atoms with van der Waals surface area (Å²) < 4.78 is 5.60. The van der Waals surface area contributed by atoms with Gasteiger partial charge >= 0.3 is 0 Å². The molecule has 0 aromatic heterocycles. The number of fused-ring (bicyclic) bond motifs is 1. The fraction of sp³-hybridized carbons (Fsp3) is 0.333. The lowest BCUT2D eigenvalue weighted by Gasteiger charge is -2.15. The highest BCUT2D eigenvalue weighted by atomic mass is 16.5. The van der Waals surface area contributed by atoms with Gasteiger partial charge in [0.1, 0.15) is 5.75 Å². The Kier molecular flexibility index (Phi) is 5.56. The van der Waals surface area contributed by atoms with Crippen molar-refractivity contribution < 1.29 is 14.3 Å². The minimum atomic E-state index is -0.0299. The van der Waals surface area contributed by atoms with Crippen LogP contribution in [0.4, 0.5) is 11.4 Å². The summed E-state index contributed by atoms with van der Waals surface area (Å²) in [7, 11) is 0. The first kappa shape index (κ1) is 18.0. The predicted octanol–water partition coefficient (Wildman–Crippen LogP) is 3.57.